The lowest BCUT2D eigenvalue weighted by Crippen LogP contribution is -2.27. The van der Waals surface area contributed by atoms with Gasteiger partial charge in [0.05, 0.1) is 0 Å². The maximum atomic E-state index is 11.3. The van der Waals surface area contributed by atoms with Crippen LogP contribution in [0.3, 0.4) is 0 Å². The number of carbonyl (C=O) groups is 1. The summed E-state index contributed by atoms with van der Waals surface area (Å²) >= 11 is 11.7. The Morgan fingerprint density at radius 2 is 2.07 bits per heavy atom. The third-order valence-corrected chi connectivity index (χ3v) is 2.58. The molecule has 0 aromatic heterocycles. The summed E-state index contributed by atoms with van der Waals surface area (Å²) in [7, 11) is 0. The molecule has 1 aromatic carbocycles. The highest BCUT2D eigenvalue weighted by Crippen LogP contribution is 2.20. The first-order valence-electron chi connectivity index (χ1n) is 4.72. The van der Waals surface area contributed by atoms with Gasteiger partial charge in [-0.3, -0.25) is 4.79 Å². The number of hydrogen-bond donors (Lipinski definition) is 1. The zero-order valence-corrected chi connectivity index (χ0v) is 10.2. The average Bonchev–Trinajstić information content (AvgIpc) is 2.15. The molecule has 0 aliphatic heterocycles. The molecule has 0 bridgehead atoms. The van der Waals surface area contributed by atoms with Crippen molar-refractivity contribution in [2.75, 3.05) is 0 Å². The number of hydrogen-bond acceptors (Lipinski definition) is 1. The van der Waals surface area contributed by atoms with E-state index in [1.807, 2.05) is 19.9 Å². The summed E-state index contributed by atoms with van der Waals surface area (Å²) < 4.78 is 0. The first kappa shape index (κ1) is 12.3. The molecule has 1 rings (SSSR count). The number of halogens is 2. The molecule has 0 heterocycles. The molecular weight excluding hydrogens is 233 g/mol. The Morgan fingerprint density at radius 1 is 1.40 bits per heavy atom. The Labute approximate surface area is 99.6 Å². The van der Waals surface area contributed by atoms with Crippen LogP contribution in [-0.2, 0) is 11.3 Å². The average molecular weight is 246 g/mol. The molecule has 1 amide bonds. The zero-order chi connectivity index (χ0) is 11.4. The minimum atomic E-state index is -0.0175. The molecule has 0 aliphatic carbocycles. The minimum Gasteiger partial charge on any atom is -0.352 e. The van der Waals surface area contributed by atoms with Gasteiger partial charge in [-0.1, -0.05) is 43.1 Å². The minimum absolute atomic E-state index is 0.0148. The molecule has 0 aliphatic rings. The topological polar surface area (TPSA) is 29.1 Å². The van der Waals surface area contributed by atoms with Crippen LogP contribution in [0.1, 0.15) is 19.4 Å². The van der Waals surface area contributed by atoms with Crippen molar-refractivity contribution in [3.8, 4) is 0 Å². The molecule has 1 N–H and O–H groups in total. The molecule has 0 saturated heterocycles. The zero-order valence-electron chi connectivity index (χ0n) is 8.68. The van der Waals surface area contributed by atoms with Crippen molar-refractivity contribution in [3.63, 3.8) is 0 Å². The fourth-order valence-electron chi connectivity index (χ4n) is 1.05. The Morgan fingerprint density at radius 3 is 2.60 bits per heavy atom. The lowest BCUT2D eigenvalue weighted by Gasteiger charge is -2.09. The van der Waals surface area contributed by atoms with Gasteiger partial charge in [-0.05, 0) is 17.7 Å². The van der Waals surface area contributed by atoms with Gasteiger partial charge in [0.25, 0.3) is 0 Å². The third-order valence-electron chi connectivity index (χ3n) is 1.99. The van der Waals surface area contributed by atoms with E-state index >= 15 is 0 Å². The van der Waals surface area contributed by atoms with Gasteiger partial charge >= 0.3 is 0 Å². The van der Waals surface area contributed by atoms with Crippen molar-refractivity contribution < 1.29 is 4.79 Å². The Balaban J connectivity index is 2.62. The molecule has 0 fully saturated rings. The summed E-state index contributed by atoms with van der Waals surface area (Å²) in [5.74, 6) is -0.00269. The van der Waals surface area contributed by atoms with Gasteiger partial charge in [0.15, 0.2) is 0 Å². The van der Waals surface area contributed by atoms with Crippen LogP contribution in [0, 0.1) is 5.92 Å². The molecule has 2 nitrogen and oxygen atoms in total. The van der Waals surface area contributed by atoms with Crippen molar-refractivity contribution in [2.24, 2.45) is 5.92 Å². The molecular formula is C11H13Cl2NO. The normalized spacial score (nSPS) is 10.5. The molecule has 0 saturated carbocycles. The standard InChI is InChI=1S/C11H13Cl2NO/c1-7(2)11(15)14-6-8-3-4-9(12)5-10(8)13/h3-5,7H,6H2,1-2H3,(H,14,15). The summed E-state index contributed by atoms with van der Waals surface area (Å²) in [6, 6.07) is 5.23. The quantitative estimate of drug-likeness (QED) is 0.871. The molecule has 0 atom stereocenters. The van der Waals surface area contributed by atoms with Crippen LogP contribution >= 0.6 is 23.2 Å². The summed E-state index contributed by atoms with van der Waals surface area (Å²) in [6.45, 7) is 4.13. The summed E-state index contributed by atoms with van der Waals surface area (Å²) in [5.41, 5.74) is 0.870. The van der Waals surface area contributed by atoms with E-state index in [1.165, 1.54) is 0 Å². The van der Waals surface area contributed by atoms with Crippen LogP contribution in [0.25, 0.3) is 0 Å². The molecule has 15 heavy (non-hydrogen) atoms. The first-order chi connectivity index (χ1) is 7.00. The highest BCUT2D eigenvalue weighted by molar-refractivity contribution is 6.35. The van der Waals surface area contributed by atoms with Gasteiger partial charge < -0.3 is 5.32 Å². The van der Waals surface area contributed by atoms with Crippen molar-refractivity contribution in [2.45, 2.75) is 20.4 Å². The number of rotatable bonds is 3. The number of carbonyl (C=O) groups excluding carboxylic acids is 1. The van der Waals surface area contributed by atoms with E-state index < -0.39 is 0 Å². The molecule has 4 heteroatoms. The predicted molar refractivity (Wildman–Crippen MR) is 63.1 cm³/mol. The lowest BCUT2D eigenvalue weighted by molar-refractivity contribution is -0.124. The van der Waals surface area contributed by atoms with Crippen LogP contribution in [0.5, 0.6) is 0 Å². The van der Waals surface area contributed by atoms with E-state index in [2.05, 4.69) is 5.32 Å². The first-order valence-corrected chi connectivity index (χ1v) is 5.48. The summed E-state index contributed by atoms with van der Waals surface area (Å²) in [5, 5.41) is 3.96. The second kappa shape index (κ2) is 5.38. The van der Waals surface area contributed by atoms with Gasteiger partial charge in [0.1, 0.15) is 0 Å². The number of nitrogens with one attached hydrogen (secondary N) is 1. The van der Waals surface area contributed by atoms with Gasteiger partial charge in [0.2, 0.25) is 5.91 Å². The fraction of sp³-hybridized carbons (Fsp3) is 0.364. The van der Waals surface area contributed by atoms with Crippen LogP contribution in [-0.4, -0.2) is 5.91 Å². The number of benzene rings is 1. The van der Waals surface area contributed by atoms with Crippen LogP contribution < -0.4 is 5.32 Å². The maximum Gasteiger partial charge on any atom is 0.222 e. The Bertz CT molecular complexity index is 364. The molecule has 0 unspecified atom stereocenters. The molecule has 0 radical (unpaired) electrons. The third kappa shape index (κ3) is 3.73. The smallest absolute Gasteiger partial charge is 0.222 e. The highest BCUT2D eigenvalue weighted by Gasteiger charge is 2.07. The van der Waals surface area contributed by atoms with Crippen molar-refractivity contribution in [1.82, 2.24) is 5.32 Å². The molecule has 0 spiro atoms. The van der Waals surface area contributed by atoms with Crippen LogP contribution in [0.2, 0.25) is 10.0 Å². The molecule has 82 valence electrons. The van der Waals surface area contributed by atoms with E-state index in [0.29, 0.717) is 16.6 Å². The number of amides is 1. The SMILES string of the molecule is CC(C)C(=O)NCc1ccc(Cl)cc1Cl. The van der Waals surface area contributed by atoms with E-state index in [-0.39, 0.29) is 11.8 Å². The van der Waals surface area contributed by atoms with Gasteiger partial charge in [-0.25, -0.2) is 0 Å². The largest absolute Gasteiger partial charge is 0.352 e. The van der Waals surface area contributed by atoms with Crippen LogP contribution in [0.4, 0.5) is 0 Å². The second-order valence-electron chi connectivity index (χ2n) is 3.61. The van der Waals surface area contributed by atoms with E-state index in [9.17, 15) is 4.79 Å². The van der Waals surface area contributed by atoms with Gasteiger partial charge in [-0.15, -0.1) is 0 Å². The Kier molecular flexibility index (Phi) is 4.43. The summed E-state index contributed by atoms with van der Waals surface area (Å²) in [4.78, 5) is 11.3. The van der Waals surface area contributed by atoms with Crippen molar-refractivity contribution in [3.05, 3.63) is 33.8 Å². The van der Waals surface area contributed by atoms with E-state index in [4.69, 9.17) is 23.2 Å². The fourth-order valence-corrected chi connectivity index (χ4v) is 1.53. The lowest BCUT2D eigenvalue weighted by atomic mass is 10.2. The monoisotopic (exact) mass is 245 g/mol. The van der Waals surface area contributed by atoms with Gasteiger partial charge in [-0.2, -0.15) is 0 Å². The van der Waals surface area contributed by atoms with Gasteiger partial charge in [0, 0.05) is 22.5 Å². The summed E-state index contributed by atoms with van der Waals surface area (Å²) in [6.07, 6.45) is 0. The van der Waals surface area contributed by atoms with Crippen molar-refractivity contribution >= 4 is 29.1 Å². The predicted octanol–water partition coefficient (Wildman–Crippen LogP) is 3.27. The van der Waals surface area contributed by atoms with E-state index in [0.717, 1.165) is 5.56 Å². The Hall–Kier alpha value is -0.730. The highest BCUT2D eigenvalue weighted by atomic mass is 35.5. The van der Waals surface area contributed by atoms with E-state index in [1.54, 1.807) is 12.1 Å². The van der Waals surface area contributed by atoms with Crippen molar-refractivity contribution in [1.29, 1.82) is 0 Å². The molecule has 1 aromatic rings. The maximum absolute atomic E-state index is 11.3. The second-order valence-corrected chi connectivity index (χ2v) is 4.45. The van der Waals surface area contributed by atoms with Crippen LogP contribution in [0.15, 0.2) is 18.2 Å².